The van der Waals surface area contributed by atoms with Gasteiger partial charge >= 0.3 is 6.18 Å². The number of alkyl halides is 3. The van der Waals surface area contributed by atoms with Crippen LogP contribution in [0.5, 0.6) is 0 Å². The fourth-order valence-corrected chi connectivity index (χ4v) is 0.914. The predicted molar refractivity (Wildman–Crippen MR) is 53.0 cm³/mol. The van der Waals surface area contributed by atoms with E-state index in [-0.39, 0.29) is 0 Å². The summed E-state index contributed by atoms with van der Waals surface area (Å²) in [5, 5.41) is 7.32. The maximum absolute atomic E-state index is 12.3. The molecule has 0 aromatic carbocycles. The van der Waals surface area contributed by atoms with Crippen LogP contribution >= 0.6 is 0 Å². The van der Waals surface area contributed by atoms with Crippen LogP contribution in [0.3, 0.4) is 0 Å². The smallest absolute Gasteiger partial charge is 0.266 e. The number of carbonyl (C=O) groups is 1. The van der Waals surface area contributed by atoms with Gasteiger partial charge in [0.05, 0.1) is 17.2 Å². The first-order chi connectivity index (χ1) is 8.38. The predicted octanol–water partition coefficient (Wildman–Crippen LogP) is 2.11. The monoisotopic (exact) mass is 257 g/mol. The SMILES string of the molecule is CC#N.O=C=NC(=O)c1cnccc1C(F)(F)F. The van der Waals surface area contributed by atoms with E-state index in [4.69, 9.17) is 5.26 Å². The van der Waals surface area contributed by atoms with Crippen molar-refractivity contribution in [3.8, 4) is 6.07 Å². The zero-order chi connectivity index (χ0) is 14.2. The Morgan fingerprint density at radius 3 is 2.50 bits per heavy atom. The Bertz CT molecular complexity index is 514. The van der Waals surface area contributed by atoms with Crippen molar-refractivity contribution in [2.24, 2.45) is 4.99 Å². The van der Waals surface area contributed by atoms with Crippen molar-refractivity contribution < 1.29 is 22.8 Å². The van der Waals surface area contributed by atoms with Gasteiger partial charge in [-0.2, -0.15) is 18.4 Å². The number of aromatic nitrogens is 1. The van der Waals surface area contributed by atoms with E-state index in [1.54, 1.807) is 6.07 Å². The van der Waals surface area contributed by atoms with E-state index in [1.807, 2.05) is 0 Å². The van der Waals surface area contributed by atoms with Crippen molar-refractivity contribution in [3.05, 3.63) is 29.6 Å². The minimum absolute atomic E-state index is 0.632. The minimum Gasteiger partial charge on any atom is -0.266 e. The molecule has 5 nitrogen and oxygen atoms in total. The second-order valence-electron chi connectivity index (χ2n) is 2.65. The number of pyridine rings is 1. The molecule has 1 rings (SSSR count). The Kier molecular flexibility index (Phi) is 5.96. The van der Waals surface area contributed by atoms with Crippen molar-refractivity contribution in [1.29, 1.82) is 5.26 Å². The molecule has 1 aromatic heterocycles. The normalized spacial score (nSPS) is 9.28. The molecule has 0 aliphatic rings. The van der Waals surface area contributed by atoms with E-state index >= 15 is 0 Å². The lowest BCUT2D eigenvalue weighted by Gasteiger charge is -2.08. The molecular weight excluding hydrogens is 251 g/mol. The quantitative estimate of drug-likeness (QED) is 0.569. The number of hydrogen-bond acceptors (Lipinski definition) is 4. The van der Waals surface area contributed by atoms with Crippen LogP contribution in [-0.4, -0.2) is 17.0 Å². The average Bonchev–Trinajstić information content (AvgIpc) is 2.29. The number of halogens is 3. The van der Waals surface area contributed by atoms with Crippen molar-refractivity contribution in [2.75, 3.05) is 0 Å². The molecule has 1 aromatic rings. The molecule has 0 saturated carbocycles. The molecule has 0 fully saturated rings. The standard InChI is InChI=1S/C8H3F3N2O2.C2H3N/c9-8(10,11)6-1-2-12-3-5(6)7(15)13-4-14;1-2-3/h1-3H;1H3. The Morgan fingerprint density at radius 1 is 1.50 bits per heavy atom. The third-order valence-corrected chi connectivity index (χ3v) is 1.50. The average molecular weight is 257 g/mol. The number of rotatable bonds is 1. The van der Waals surface area contributed by atoms with Gasteiger partial charge < -0.3 is 0 Å². The summed E-state index contributed by atoms with van der Waals surface area (Å²) in [5.74, 6) is -1.31. The summed E-state index contributed by atoms with van der Waals surface area (Å²) in [6, 6.07) is 2.38. The highest BCUT2D eigenvalue weighted by Gasteiger charge is 2.35. The first kappa shape index (κ1) is 15.5. The maximum atomic E-state index is 12.3. The number of amides is 1. The van der Waals surface area contributed by atoms with Crippen LogP contribution in [-0.2, 0) is 11.0 Å². The third-order valence-electron chi connectivity index (χ3n) is 1.50. The molecule has 0 aliphatic carbocycles. The Morgan fingerprint density at radius 2 is 2.06 bits per heavy atom. The lowest BCUT2D eigenvalue weighted by Crippen LogP contribution is -2.12. The molecule has 8 heteroatoms. The summed E-state index contributed by atoms with van der Waals surface area (Å²) in [6.07, 6.45) is -2.22. The van der Waals surface area contributed by atoms with Gasteiger partial charge in [-0.15, -0.1) is 4.99 Å². The first-order valence-electron chi connectivity index (χ1n) is 4.32. The van der Waals surface area contributed by atoms with Crippen LogP contribution in [0.2, 0.25) is 0 Å². The number of carbonyl (C=O) groups excluding carboxylic acids is 2. The van der Waals surface area contributed by atoms with Gasteiger partial charge in [0.1, 0.15) is 0 Å². The third kappa shape index (κ3) is 4.55. The van der Waals surface area contributed by atoms with Gasteiger partial charge in [-0.3, -0.25) is 9.78 Å². The minimum atomic E-state index is -4.69. The lowest BCUT2D eigenvalue weighted by atomic mass is 10.1. The second kappa shape index (κ2) is 6.93. The van der Waals surface area contributed by atoms with Gasteiger partial charge in [0, 0.05) is 19.3 Å². The summed E-state index contributed by atoms with van der Waals surface area (Å²) in [5.41, 5.74) is -1.95. The highest BCUT2D eigenvalue weighted by atomic mass is 19.4. The van der Waals surface area contributed by atoms with Crippen LogP contribution in [0.4, 0.5) is 13.2 Å². The van der Waals surface area contributed by atoms with Gasteiger partial charge in [0.2, 0.25) is 6.08 Å². The van der Waals surface area contributed by atoms with Gasteiger partial charge in [0.25, 0.3) is 5.91 Å². The number of nitrogens with zero attached hydrogens (tertiary/aromatic N) is 3. The molecule has 18 heavy (non-hydrogen) atoms. The highest BCUT2D eigenvalue weighted by molar-refractivity contribution is 5.98. The van der Waals surface area contributed by atoms with E-state index in [2.05, 4.69) is 9.98 Å². The van der Waals surface area contributed by atoms with Gasteiger partial charge in [0.15, 0.2) is 0 Å². The Labute approximate surface area is 99.6 Å². The van der Waals surface area contributed by atoms with E-state index in [0.717, 1.165) is 12.3 Å². The number of nitriles is 1. The molecule has 0 atom stereocenters. The topological polar surface area (TPSA) is 83.2 Å². The van der Waals surface area contributed by atoms with Crippen LogP contribution in [0.25, 0.3) is 0 Å². The van der Waals surface area contributed by atoms with E-state index in [0.29, 0.717) is 12.3 Å². The van der Waals surface area contributed by atoms with E-state index in [1.165, 1.54) is 6.92 Å². The summed E-state index contributed by atoms with van der Waals surface area (Å²) in [4.78, 5) is 26.6. The first-order valence-corrected chi connectivity index (χ1v) is 4.32. The Hall–Kier alpha value is -2.52. The van der Waals surface area contributed by atoms with Gasteiger partial charge in [-0.25, -0.2) is 4.79 Å². The molecule has 94 valence electrons. The summed E-state index contributed by atoms with van der Waals surface area (Å²) in [7, 11) is 0. The molecule has 0 radical (unpaired) electrons. The molecule has 0 bridgehead atoms. The molecule has 1 amide bonds. The van der Waals surface area contributed by atoms with Crippen LogP contribution in [0, 0.1) is 11.3 Å². The zero-order valence-electron chi connectivity index (χ0n) is 9.02. The van der Waals surface area contributed by atoms with Crippen LogP contribution < -0.4 is 0 Å². The zero-order valence-corrected chi connectivity index (χ0v) is 9.02. The van der Waals surface area contributed by atoms with Crippen molar-refractivity contribution >= 4 is 12.0 Å². The van der Waals surface area contributed by atoms with Crippen LogP contribution in [0.1, 0.15) is 22.8 Å². The molecule has 0 spiro atoms. The van der Waals surface area contributed by atoms with E-state index in [9.17, 15) is 22.8 Å². The molecule has 0 aliphatic heterocycles. The number of aliphatic imine (C=N–C) groups is 1. The summed E-state index contributed by atoms with van der Waals surface area (Å²) in [6.45, 7) is 1.43. The molecule has 0 N–H and O–H groups in total. The molecule has 1 heterocycles. The fourth-order valence-electron chi connectivity index (χ4n) is 0.914. The van der Waals surface area contributed by atoms with E-state index < -0.39 is 23.2 Å². The summed E-state index contributed by atoms with van der Waals surface area (Å²) >= 11 is 0. The van der Waals surface area contributed by atoms with Crippen molar-refractivity contribution in [1.82, 2.24) is 4.98 Å². The number of isocyanates is 1. The fraction of sp³-hybridized carbons (Fsp3) is 0.200. The number of hydrogen-bond donors (Lipinski definition) is 0. The van der Waals surface area contributed by atoms with Crippen molar-refractivity contribution in [2.45, 2.75) is 13.1 Å². The second-order valence-corrected chi connectivity index (χ2v) is 2.65. The van der Waals surface area contributed by atoms with Gasteiger partial charge in [-0.05, 0) is 6.07 Å². The Balaban J connectivity index is 0.000000873. The molecule has 0 saturated heterocycles. The maximum Gasteiger partial charge on any atom is 0.417 e. The van der Waals surface area contributed by atoms with Crippen molar-refractivity contribution in [3.63, 3.8) is 0 Å². The highest BCUT2D eigenvalue weighted by Crippen LogP contribution is 2.31. The lowest BCUT2D eigenvalue weighted by molar-refractivity contribution is -0.138. The molecular formula is C10H6F3N3O2. The van der Waals surface area contributed by atoms with Crippen LogP contribution in [0.15, 0.2) is 23.5 Å². The summed E-state index contributed by atoms with van der Waals surface area (Å²) < 4.78 is 37.0. The largest absolute Gasteiger partial charge is 0.417 e. The van der Waals surface area contributed by atoms with Gasteiger partial charge in [-0.1, -0.05) is 0 Å². The molecule has 0 unspecified atom stereocenters.